The molecule has 0 spiro atoms. The molecule has 6 atom stereocenters. The average molecular weight is 697 g/mol. The Balaban J connectivity index is 0.000000299. The van der Waals surface area contributed by atoms with Crippen LogP contribution in [0, 0.1) is 11.8 Å². The molecule has 8 nitrogen and oxygen atoms in total. The highest BCUT2D eigenvalue weighted by Crippen LogP contribution is 2.48. The zero-order valence-electron chi connectivity index (χ0n) is 32.3. The number of hydrogen-bond acceptors (Lipinski definition) is 6. The third kappa shape index (κ3) is 10.9. The highest BCUT2D eigenvalue weighted by Gasteiger charge is 2.46. The number of hydrogen-bond donors (Lipinski definition) is 4. The standard InChI is InChI=1S/2C20H33NO.C2H2O4/c2*1-5-9-18-14-20(12-6-2,16(4)15-21(18)7-3)17-10-8-11-19(22)13-17;3-1(4)2(5)6/h2*8,10-11,13,16,18,22H,5-7,9,12,14-15H2,1-4H3;(H,3,4)(H,5,6). The zero-order chi connectivity index (χ0) is 37.5. The first-order valence-electron chi connectivity index (χ1n) is 19.3. The number of nitrogens with zero attached hydrogens (tertiary/aromatic N) is 2. The number of likely N-dealkylation sites (tertiary alicyclic amines) is 2. The van der Waals surface area contributed by atoms with E-state index in [0.717, 1.165) is 13.1 Å². The molecule has 2 aliphatic heterocycles. The molecular formula is C42H68N2O6. The molecule has 50 heavy (non-hydrogen) atoms. The van der Waals surface area contributed by atoms with E-state index in [2.05, 4.69) is 77.3 Å². The molecule has 4 rings (SSSR count). The van der Waals surface area contributed by atoms with Crippen LogP contribution >= 0.6 is 0 Å². The number of phenolic OH excluding ortho intramolecular Hbond substituents is 2. The highest BCUT2D eigenvalue weighted by molar-refractivity contribution is 6.27. The van der Waals surface area contributed by atoms with Crippen molar-refractivity contribution in [2.75, 3.05) is 26.2 Å². The molecule has 2 aliphatic rings. The lowest BCUT2D eigenvalue weighted by atomic mass is 9.62. The highest BCUT2D eigenvalue weighted by atomic mass is 16.4. The van der Waals surface area contributed by atoms with E-state index in [0.29, 0.717) is 35.4 Å². The Hall–Kier alpha value is -3.10. The lowest BCUT2D eigenvalue weighted by molar-refractivity contribution is -0.159. The largest absolute Gasteiger partial charge is 0.508 e. The number of phenols is 2. The summed E-state index contributed by atoms with van der Waals surface area (Å²) in [5.41, 5.74) is 3.13. The fourth-order valence-corrected chi connectivity index (χ4v) is 9.18. The van der Waals surface area contributed by atoms with Crippen molar-refractivity contribution in [1.29, 1.82) is 0 Å². The summed E-state index contributed by atoms with van der Waals surface area (Å²) in [4.78, 5) is 23.5. The van der Waals surface area contributed by atoms with E-state index in [-0.39, 0.29) is 10.8 Å². The van der Waals surface area contributed by atoms with Gasteiger partial charge in [-0.25, -0.2) is 9.59 Å². The summed E-state index contributed by atoms with van der Waals surface area (Å²) < 4.78 is 0. The predicted octanol–water partition coefficient (Wildman–Crippen LogP) is 9.08. The Bertz CT molecular complexity index is 1220. The molecule has 0 amide bonds. The monoisotopic (exact) mass is 697 g/mol. The van der Waals surface area contributed by atoms with Crippen molar-refractivity contribution >= 4 is 11.9 Å². The second-order valence-corrected chi connectivity index (χ2v) is 14.8. The fraction of sp³-hybridized carbons (Fsp3) is 0.667. The molecule has 0 bridgehead atoms. The van der Waals surface area contributed by atoms with Crippen molar-refractivity contribution in [1.82, 2.24) is 9.80 Å². The number of benzene rings is 2. The zero-order valence-corrected chi connectivity index (χ0v) is 32.3. The second-order valence-electron chi connectivity index (χ2n) is 14.8. The average Bonchev–Trinajstić information content (AvgIpc) is 3.08. The SMILES string of the molecule is CCCC1CC(CCC)(c2cccc(O)c2)C(C)CN1CC.CCCC1CC(CCC)(c2cccc(O)c2)C(C)CN1CC.O=C(O)C(=O)O. The van der Waals surface area contributed by atoms with E-state index in [9.17, 15) is 10.2 Å². The van der Waals surface area contributed by atoms with Crippen LogP contribution in [0.2, 0.25) is 0 Å². The van der Waals surface area contributed by atoms with E-state index in [4.69, 9.17) is 19.8 Å². The fourth-order valence-electron chi connectivity index (χ4n) is 9.18. The van der Waals surface area contributed by atoms with Gasteiger partial charge in [-0.3, -0.25) is 0 Å². The van der Waals surface area contributed by atoms with Gasteiger partial charge in [-0.05, 0) is 98.8 Å². The van der Waals surface area contributed by atoms with Crippen LogP contribution in [-0.2, 0) is 20.4 Å². The van der Waals surface area contributed by atoms with Gasteiger partial charge in [0.2, 0.25) is 0 Å². The lowest BCUT2D eigenvalue weighted by Gasteiger charge is -2.51. The van der Waals surface area contributed by atoms with Crippen molar-refractivity contribution in [3.8, 4) is 11.5 Å². The molecule has 2 heterocycles. The minimum Gasteiger partial charge on any atom is -0.508 e. The third-order valence-corrected chi connectivity index (χ3v) is 11.6. The minimum absolute atomic E-state index is 0.221. The molecular weight excluding hydrogens is 628 g/mol. The van der Waals surface area contributed by atoms with Gasteiger partial charge >= 0.3 is 11.9 Å². The Morgan fingerprint density at radius 3 is 1.26 bits per heavy atom. The summed E-state index contributed by atoms with van der Waals surface area (Å²) in [7, 11) is 0. The van der Waals surface area contributed by atoms with Gasteiger partial charge in [-0.15, -0.1) is 0 Å². The van der Waals surface area contributed by atoms with Gasteiger partial charge in [0.25, 0.3) is 0 Å². The maximum atomic E-state index is 9.97. The molecule has 0 aromatic heterocycles. The van der Waals surface area contributed by atoms with Crippen LogP contribution < -0.4 is 0 Å². The number of carboxylic acid groups (broad SMARTS) is 2. The van der Waals surface area contributed by atoms with Crippen LogP contribution in [0.5, 0.6) is 11.5 Å². The first-order chi connectivity index (χ1) is 23.8. The molecule has 4 N–H and O–H groups in total. The molecule has 2 aromatic carbocycles. The molecule has 0 aliphatic carbocycles. The lowest BCUT2D eigenvalue weighted by Crippen LogP contribution is -2.53. The van der Waals surface area contributed by atoms with Crippen LogP contribution in [0.15, 0.2) is 48.5 Å². The molecule has 8 heteroatoms. The Morgan fingerprint density at radius 1 is 0.640 bits per heavy atom. The van der Waals surface area contributed by atoms with Crippen LogP contribution in [0.25, 0.3) is 0 Å². The first kappa shape index (κ1) is 43.1. The summed E-state index contributed by atoms with van der Waals surface area (Å²) in [6, 6.07) is 17.4. The van der Waals surface area contributed by atoms with E-state index >= 15 is 0 Å². The smallest absolute Gasteiger partial charge is 0.414 e. The molecule has 0 radical (unpaired) electrons. The van der Waals surface area contributed by atoms with Gasteiger partial charge in [0.1, 0.15) is 11.5 Å². The van der Waals surface area contributed by atoms with Crippen LogP contribution in [-0.4, -0.2) is 80.4 Å². The maximum Gasteiger partial charge on any atom is 0.414 e. The van der Waals surface area contributed by atoms with Crippen LogP contribution in [0.1, 0.15) is 131 Å². The maximum absolute atomic E-state index is 9.97. The van der Waals surface area contributed by atoms with Gasteiger partial charge in [-0.2, -0.15) is 0 Å². The van der Waals surface area contributed by atoms with Gasteiger partial charge in [0, 0.05) is 36.0 Å². The molecule has 2 fully saturated rings. The summed E-state index contributed by atoms with van der Waals surface area (Å²) >= 11 is 0. The molecule has 2 saturated heterocycles. The predicted molar refractivity (Wildman–Crippen MR) is 204 cm³/mol. The molecule has 2 aromatic rings. The van der Waals surface area contributed by atoms with Crippen molar-refractivity contribution in [2.45, 2.75) is 143 Å². The Morgan fingerprint density at radius 2 is 1.00 bits per heavy atom. The first-order valence-corrected chi connectivity index (χ1v) is 19.3. The number of aliphatic carboxylic acids is 2. The summed E-state index contributed by atoms with van der Waals surface area (Å²) in [6.07, 6.45) is 12.4. The van der Waals surface area contributed by atoms with E-state index in [1.165, 1.54) is 88.4 Å². The summed E-state index contributed by atoms with van der Waals surface area (Å²) in [6.45, 7) is 23.2. The number of carbonyl (C=O) groups is 2. The van der Waals surface area contributed by atoms with Gasteiger partial charge in [0.15, 0.2) is 0 Å². The van der Waals surface area contributed by atoms with Gasteiger partial charge in [-0.1, -0.05) is 105 Å². The molecule has 6 unspecified atom stereocenters. The van der Waals surface area contributed by atoms with Crippen LogP contribution in [0.3, 0.4) is 0 Å². The number of aromatic hydroxyl groups is 2. The number of piperidine rings is 2. The topological polar surface area (TPSA) is 122 Å². The molecule has 282 valence electrons. The normalized spacial score (nSPS) is 27.0. The number of carboxylic acids is 2. The van der Waals surface area contributed by atoms with Crippen molar-refractivity contribution in [2.24, 2.45) is 11.8 Å². The quantitative estimate of drug-likeness (QED) is 0.162. The van der Waals surface area contributed by atoms with Crippen molar-refractivity contribution in [3.05, 3.63) is 59.7 Å². The summed E-state index contributed by atoms with van der Waals surface area (Å²) in [5.74, 6) is -1.58. The van der Waals surface area contributed by atoms with Crippen molar-refractivity contribution < 1.29 is 30.0 Å². The van der Waals surface area contributed by atoms with E-state index < -0.39 is 11.9 Å². The van der Waals surface area contributed by atoms with E-state index in [1.54, 1.807) is 12.1 Å². The minimum atomic E-state index is -1.82. The van der Waals surface area contributed by atoms with Gasteiger partial charge in [0.05, 0.1) is 0 Å². The Kier molecular flexibility index (Phi) is 17.8. The third-order valence-electron chi connectivity index (χ3n) is 11.6. The summed E-state index contributed by atoms with van der Waals surface area (Å²) in [5, 5.41) is 34.7. The van der Waals surface area contributed by atoms with Crippen LogP contribution in [0.4, 0.5) is 0 Å². The number of rotatable bonds is 12. The van der Waals surface area contributed by atoms with Gasteiger partial charge < -0.3 is 30.2 Å². The van der Waals surface area contributed by atoms with Crippen molar-refractivity contribution in [3.63, 3.8) is 0 Å². The molecule has 0 saturated carbocycles. The second kappa shape index (κ2) is 20.7. The van der Waals surface area contributed by atoms with E-state index in [1.807, 2.05) is 24.3 Å². The Labute approximate surface area is 302 Å².